The van der Waals surface area contributed by atoms with Crippen molar-refractivity contribution in [3.8, 4) is 0 Å². The Kier molecular flexibility index (Phi) is 6.43. The van der Waals surface area contributed by atoms with Crippen LogP contribution in [0.5, 0.6) is 0 Å². The van der Waals surface area contributed by atoms with Gasteiger partial charge in [0.1, 0.15) is 0 Å². The van der Waals surface area contributed by atoms with Crippen LogP contribution in [-0.4, -0.2) is 23.4 Å². The van der Waals surface area contributed by atoms with Crippen LogP contribution >= 0.6 is 19.6 Å². The van der Waals surface area contributed by atoms with Crippen LogP contribution in [0.2, 0.25) is 0 Å². The lowest BCUT2D eigenvalue weighted by atomic mass is 10.5. The van der Waals surface area contributed by atoms with E-state index in [0.29, 0.717) is 13.1 Å². The van der Waals surface area contributed by atoms with Gasteiger partial charge >= 0.3 is 7.95 Å². The lowest BCUT2D eigenvalue weighted by Gasteiger charge is -2.03. The van der Waals surface area contributed by atoms with Crippen molar-refractivity contribution >= 4 is 19.6 Å². The van der Waals surface area contributed by atoms with Crippen LogP contribution in [0.15, 0.2) is 25.3 Å². The fraction of sp³-hybridized carbons (Fsp3) is 0.429. The Bertz CT molecular complexity index is 151. The number of hydrogen-bond acceptors (Lipinski definition) is 1. The largest absolute Gasteiger partial charge is 0.451 e. The van der Waals surface area contributed by atoms with Crippen LogP contribution in [0.4, 0.5) is 0 Å². The highest BCUT2D eigenvalue weighted by Crippen LogP contribution is 2.27. The van der Waals surface area contributed by atoms with Crippen LogP contribution in [0, 0.1) is 0 Å². The first kappa shape index (κ1) is 10.8. The molecule has 0 rings (SSSR count). The first-order chi connectivity index (χ1) is 5.26. The summed E-state index contributed by atoms with van der Waals surface area (Å²) in [7, 11) is -1.45. The second kappa shape index (κ2) is 6.53. The maximum Gasteiger partial charge on any atom is 0.451 e. The number of alkyl halides is 1. The molecule has 0 fully saturated rings. The van der Waals surface area contributed by atoms with Crippen LogP contribution in [0.1, 0.15) is 0 Å². The smallest absolute Gasteiger partial charge is 0.102 e. The summed E-state index contributed by atoms with van der Waals surface area (Å²) in [6.07, 6.45) is 3.40. The molecule has 0 aromatic heterocycles. The van der Waals surface area contributed by atoms with Crippen molar-refractivity contribution < 1.29 is 4.57 Å². The van der Waals surface area contributed by atoms with Gasteiger partial charge in [0.15, 0.2) is 0 Å². The first-order valence-electron chi connectivity index (χ1n) is 3.23. The molecule has 0 saturated heterocycles. The summed E-state index contributed by atoms with van der Waals surface area (Å²) in [5, 5.41) is 0. The lowest BCUT2D eigenvalue weighted by Crippen LogP contribution is -2.15. The van der Waals surface area contributed by atoms with E-state index < -0.39 is 7.95 Å². The standard InChI is InChI=1S/C7H12ClNOP/c1-3-5-9(6-4-2)11(10)7-8/h3-4H,1-2,5-7H2/q+1. The molecule has 0 radical (unpaired) electrons. The minimum atomic E-state index is -1.45. The molecule has 1 atom stereocenters. The van der Waals surface area contributed by atoms with E-state index in [1.165, 1.54) is 0 Å². The molecular weight excluding hydrogens is 181 g/mol. The van der Waals surface area contributed by atoms with E-state index in [9.17, 15) is 4.57 Å². The summed E-state index contributed by atoms with van der Waals surface area (Å²) in [6.45, 7) is 8.29. The summed E-state index contributed by atoms with van der Waals surface area (Å²) >= 11 is 5.42. The molecule has 2 nitrogen and oxygen atoms in total. The minimum absolute atomic E-state index is 0.164. The molecular formula is C7H12ClNOP+. The quantitative estimate of drug-likeness (QED) is 0.366. The van der Waals surface area contributed by atoms with Crippen LogP contribution in [-0.2, 0) is 4.57 Å². The lowest BCUT2D eigenvalue weighted by molar-refractivity contribution is 0.494. The van der Waals surface area contributed by atoms with Gasteiger partial charge in [-0.1, -0.05) is 28.4 Å². The second-order valence-electron chi connectivity index (χ2n) is 1.92. The second-order valence-corrected chi connectivity index (χ2v) is 4.15. The van der Waals surface area contributed by atoms with E-state index in [2.05, 4.69) is 13.2 Å². The molecule has 0 bridgehead atoms. The van der Waals surface area contributed by atoms with Gasteiger partial charge in [-0.25, -0.2) is 0 Å². The fourth-order valence-electron chi connectivity index (χ4n) is 0.630. The molecule has 0 spiro atoms. The highest BCUT2D eigenvalue weighted by molar-refractivity contribution is 7.44. The average Bonchev–Trinajstić information content (AvgIpc) is 2.03. The summed E-state index contributed by atoms with van der Waals surface area (Å²) in [5.41, 5.74) is 0.164. The van der Waals surface area contributed by atoms with Gasteiger partial charge in [0.25, 0.3) is 0 Å². The van der Waals surface area contributed by atoms with Gasteiger partial charge < -0.3 is 0 Å². The van der Waals surface area contributed by atoms with Gasteiger partial charge in [0.2, 0.25) is 5.62 Å². The van der Waals surface area contributed by atoms with E-state index in [1.54, 1.807) is 16.8 Å². The molecule has 0 heterocycles. The SMILES string of the molecule is C=CCN(CC=C)[P+](=O)CCl. The zero-order valence-corrected chi connectivity index (χ0v) is 8.02. The molecule has 0 amide bonds. The molecule has 0 aliphatic carbocycles. The van der Waals surface area contributed by atoms with E-state index in [-0.39, 0.29) is 5.62 Å². The normalized spacial score (nSPS) is 11.3. The zero-order valence-electron chi connectivity index (χ0n) is 6.37. The average molecular weight is 193 g/mol. The summed E-state index contributed by atoms with van der Waals surface area (Å²) < 4.78 is 12.9. The Morgan fingerprint density at radius 3 is 2.09 bits per heavy atom. The Labute approximate surface area is 73.4 Å². The van der Waals surface area contributed by atoms with E-state index in [1.807, 2.05) is 0 Å². The van der Waals surface area contributed by atoms with Crippen molar-refractivity contribution in [1.29, 1.82) is 0 Å². The monoisotopic (exact) mass is 192 g/mol. The first-order valence-corrected chi connectivity index (χ1v) is 5.16. The third-order valence-corrected chi connectivity index (χ3v) is 2.87. The minimum Gasteiger partial charge on any atom is -0.102 e. The zero-order chi connectivity index (χ0) is 8.69. The predicted octanol–water partition coefficient (Wildman–Crippen LogP) is 2.60. The molecule has 0 saturated carbocycles. The van der Waals surface area contributed by atoms with Crippen molar-refractivity contribution in [2.75, 3.05) is 18.7 Å². The van der Waals surface area contributed by atoms with Crippen molar-refractivity contribution in [2.24, 2.45) is 0 Å². The number of nitrogens with zero attached hydrogens (tertiary/aromatic N) is 1. The highest BCUT2D eigenvalue weighted by Gasteiger charge is 2.22. The fourth-order valence-corrected chi connectivity index (χ4v) is 1.83. The molecule has 0 N–H and O–H groups in total. The van der Waals surface area contributed by atoms with Gasteiger partial charge in [-0.2, -0.15) is 0 Å². The third kappa shape index (κ3) is 4.31. The molecule has 0 aromatic carbocycles. The van der Waals surface area contributed by atoms with Crippen LogP contribution in [0.25, 0.3) is 0 Å². The van der Waals surface area contributed by atoms with Gasteiger partial charge in [-0.05, 0) is 4.57 Å². The van der Waals surface area contributed by atoms with Gasteiger partial charge in [-0.3, -0.25) is 0 Å². The van der Waals surface area contributed by atoms with Gasteiger partial charge in [0, 0.05) is 0 Å². The van der Waals surface area contributed by atoms with Crippen molar-refractivity contribution in [3.63, 3.8) is 0 Å². The Balaban J connectivity index is 3.95. The molecule has 1 unspecified atom stereocenters. The van der Waals surface area contributed by atoms with E-state index in [4.69, 9.17) is 11.6 Å². The molecule has 4 heteroatoms. The molecule has 0 aliphatic rings. The van der Waals surface area contributed by atoms with Crippen molar-refractivity contribution in [2.45, 2.75) is 0 Å². The van der Waals surface area contributed by atoms with Crippen LogP contribution in [0.3, 0.4) is 0 Å². The van der Waals surface area contributed by atoms with Gasteiger partial charge in [-0.15, -0.1) is 13.2 Å². The summed E-state index contributed by atoms with van der Waals surface area (Å²) in [6, 6.07) is 0. The maximum absolute atomic E-state index is 11.1. The predicted molar refractivity (Wildman–Crippen MR) is 50.3 cm³/mol. The third-order valence-electron chi connectivity index (χ3n) is 1.10. The maximum atomic E-state index is 11.1. The molecule has 0 aromatic rings. The summed E-state index contributed by atoms with van der Waals surface area (Å²) in [4.78, 5) is 0. The number of halogens is 1. The van der Waals surface area contributed by atoms with E-state index in [0.717, 1.165) is 0 Å². The van der Waals surface area contributed by atoms with Crippen molar-refractivity contribution in [3.05, 3.63) is 25.3 Å². The number of rotatable bonds is 6. The van der Waals surface area contributed by atoms with Crippen molar-refractivity contribution in [1.82, 2.24) is 4.67 Å². The Morgan fingerprint density at radius 2 is 1.82 bits per heavy atom. The topological polar surface area (TPSA) is 20.3 Å². The summed E-state index contributed by atoms with van der Waals surface area (Å²) in [5.74, 6) is 0. The Morgan fingerprint density at radius 1 is 1.36 bits per heavy atom. The number of hydrogen-bond donors (Lipinski definition) is 0. The van der Waals surface area contributed by atoms with Crippen LogP contribution < -0.4 is 0 Å². The van der Waals surface area contributed by atoms with Gasteiger partial charge in [0.05, 0.1) is 13.1 Å². The van der Waals surface area contributed by atoms with E-state index >= 15 is 0 Å². The Hall–Kier alpha value is -0.170. The molecule has 11 heavy (non-hydrogen) atoms. The molecule has 0 aliphatic heterocycles. The highest BCUT2D eigenvalue weighted by atomic mass is 35.5. The molecule has 62 valence electrons.